The monoisotopic (exact) mass is 346 g/mol. The first-order valence-corrected chi connectivity index (χ1v) is 9.15. The zero-order valence-corrected chi connectivity index (χ0v) is 15.1. The Kier molecular flexibility index (Phi) is 5.62. The van der Waals surface area contributed by atoms with Crippen molar-refractivity contribution in [3.8, 4) is 0 Å². The number of nitrogens with one attached hydrogen (secondary N) is 1. The number of amidine groups is 1. The minimum atomic E-state index is -3.84. The summed E-state index contributed by atoms with van der Waals surface area (Å²) in [4.78, 5) is 0.133. The van der Waals surface area contributed by atoms with Gasteiger partial charge >= 0.3 is 6.02 Å². The van der Waals surface area contributed by atoms with Crippen LogP contribution in [0.3, 0.4) is 0 Å². The summed E-state index contributed by atoms with van der Waals surface area (Å²) >= 11 is 0. The summed E-state index contributed by atoms with van der Waals surface area (Å²) in [5.74, 6) is 0. The lowest BCUT2D eigenvalue weighted by molar-refractivity contribution is 0.327. The summed E-state index contributed by atoms with van der Waals surface area (Å²) in [6.07, 6.45) is 0. The number of rotatable bonds is 4. The van der Waals surface area contributed by atoms with Gasteiger partial charge in [-0.2, -0.15) is 8.42 Å². The molecule has 0 atom stereocenters. The third-order valence-corrected chi connectivity index (χ3v) is 4.79. The van der Waals surface area contributed by atoms with Crippen LogP contribution < -0.4 is 5.32 Å². The van der Waals surface area contributed by atoms with E-state index in [1.54, 1.807) is 19.1 Å². The fraction of sp³-hybridized carbons (Fsp3) is 0.278. The average Bonchev–Trinajstić information content (AvgIpc) is 2.51. The van der Waals surface area contributed by atoms with Gasteiger partial charge < -0.3 is 10.1 Å². The van der Waals surface area contributed by atoms with Crippen molar-refractivity contribution in [3.05, 3.63) is 59.2 Å². The van der Waals surface area contributed by atoms with E-state index in [0.29, 0.717) is 6.61 Å². The number of aryl methyl sites for hydroxylation is 3. The number of ether oxygens (including phenoxy) is 1. The molecule has 2 aromatic carbocycles. The van der Waals surface area contributed by atoms with Crippen LogP contribution in [-0.4, -0.2) is 21.0 Å². The molecule has 0 radical (unpaired) electrons. The Bertz CT molecular complexity index is 821. The van der Waals surface area contributed by atoms with E-state index in [1.165, 1.54) is 12.1 Å². The summed E-state index contributed by atoms with van der Waals surface area (Å²) in [7, 11) is -3.84. The first-order valence-electron chi connectivity index (χ1n) is 7.71. The van der Waals surface area contributed by atoms with Crippen LogP contribution in [0.5, 0.6) is 0 Å². The van der Waals surface area contributed by atoms with Crippen molar-refractivity contribution in [2.75, 3.05) is 11.9 Å². The molecule has 0 unspecified atom stereocenters. The number of benzene rings is 2. The number of hydrogen-bond acceptors (Lipinski definition) is 3. The average molecular weight is 346 g/mol. The van der Waals surface area contributed by atoms with E-state index < -0.39 is 10.0 Å². The lowest BCUT2D eigenvalue weighted by atomic mass is 10.1. The van der Waals surface area contributed by atoms with Crippen molar-refractivity contribution in [1.82, 2.24) is 0 Å². The number of para-hydroxylation sites is 1. The van der Waals surface area contributed by atoms with E-state index in [4.69, 9.17) is 4.74 Å². The molecule has 5 nitrogen and oxygen atoms in total. The minimum absolute atomic E-state index is 0.0320. The number of nitrogens with zero attached hydrogens (tertiary/aromatic N) is 1. The Morgan fingerprint density at radius 1 is 1.04 bits per heavy atom. The zero-order valence-electron chi connectivity index (χ0n) is 14.3. The molecule has 0 aromatic heterocycles. The second-order valence-corrected chi connectivity index (χ2v) is 7.11. The first-order chi connectivity index (χ1) is 11.3. The van der Waals surface area contributed by atoms with Crippen molar-refractivity contribution in [1.29, 1.82) is 0 Å². The van der Waals surface area contributed by atoms with Gasteiger partial charge in [0.2, 0.25) is 0 Å². The third kappa shape index (κ3) is 4.35. The highest BCUT2D eigenvalue weighted by atomic mass is 32.2. The Morgan fingerprint density at radius 2 is 1.62 bits per heavy atom. The van der Waals surface area contributed by atoms with Gasteiger partial charge in [0, 0.05) is 5.69 Å². The van der Waals surface area contributed by atoms with Gasteiger partial charge in [-0.05, 0) is 51.0 Å². The van der Waals surface area contributed by atoms with Crippen molar-refractivity contribution in [3.63, 3.8) is 0 Å². The highest BCUT2D eigenvalue weighted by molar-refractivity contribution is 7.90. The predicted octanol–water partition coefficient (Wildman–Crippen LogP) is 3.81. The molecule has 0 bridgehead atoms. The van der Waals surface area contributed by atoms with Crippen LogP contribution in [-0.2, 0) is 14.8 Å². The quantitative estimate of drug-likeness (QED) is 0.675. The Balaban J connectivity index is 2.39. The van der Waals surface area contributed by atoms with Crippen LogP contribution in [0.15, 0.2) is 51.8 Å². The molecule has 24 heavy (non-hydrogen) atoms. The van der Waals surface area contributed by atoms with Gasteiger partial charge in [-0.15, -0.1) is 4.40 Å². The fourth-order valence-electron chi connectivity index (χ4n) is 2.21. The van der Waals surface area contributed by atoms with Crippen LogP contribution in [0.25, 0.3) is 0 Å². The van der Waals surface area contributed by atoms with Gasteiger partial charge in [-0.1, -0.05) is 35.9 Å². The molecule has 2 rings (SSSR count). The van der Waals surface area contributed by atoms with Gasteiger partial charge in [-0.3, -0.25) is 0 Å². The molecular formula is C18H22N2O3S. The first kappa shape index (κ1) is 18.0. The van der Waals surface area contributed by atoms with Gasteiger partial charge in [0.15, 0.2) is 0 Å². The molecular weight excluding hydrogens is 324 g/mol. The van der Waals surface area contributed by atoms with E-state index >= 15 is 0 Å². The van der Waals surface area contributed by atoms with Crippen LogP contribution in [0.2, 0.25) is 0 Å². The summed E-state index contributed by atoms with van der Waals surface area (Å²) in [6.45, 7) is 7.86. The molecule has 0 aliphatic rings. The second kappa shape index (κ2) is 7.49. The number of hydrogen-bond donors (Lipinski definition) is 1. The lowest BCUT2D eigenvalue weighted by Crippen LogP contribution is -2.19. The number of sulfonamides is 1. The normalized spacial score (nSPS) is 12.1. The van der Waals surface area contributed by atoms with Crippen LogP contribution >= 0.6 is 0 Å². The number of anilines is 1. The van der Waals surface area contributed by atoms with Gasteiger partial charge in [0.25, 0.3) is 10.0 Å². The summed E-state index contributed by atoms with van der Waals surface area (Å²) in [5.41, 5.74) is 3.74. The molecule has 0 amide bonds. The standard InChI is InChI=1S/C18H22N2O3S/c1-5-23-18(19-17-14(3)7-6-8-15(17)4)20-24(21,22)16-11-9-13(2)10-12-16/h6-12H,5H2,1-4H3,(H,19,20). The van der Waals surface area contributed by atoms with Crippen molar-refractivity contribution in [2.45, 2.75) is 32.6 Å². The van der Waals surface area contributed by atoms with Crippen LogP contribution in [0.4, 0.5) is 5.69 Å². The molecule has 0 heterocycles. The van der Waals surface area contributed by atoms with Crippen molar-refractivity contribution in [2.24, 2.45) is 4.40 Å². The van der Waals surface area contributed by atoms with Crippen LogP contribution in [0, 0.1) is 20.8 Å². The second-order valence-electron chi connectivity index (χ2n) is 5.51. The lowest BCUT2D eigenvalue weighted by Gasteiger charge is -2.14. The largest absolute Gasteiger partial charge is 0.465 e. The van der Waals surface area contributed by atoms with E-state index in [9.17, 15) is 8.42 Å². The maximum Gasteiger partial charge on any atom is 0.305 e. The van der Waals surface area contributed by atoms with Crippen LogP contribution in [0.1, 0.15) is 23.6 Å². The predicted molar refractivity (Wildman–Crippen MR) is 97.0 cm³/mol. The Morgan fingerprint density at radius 3 is 2.17 bits per heavy atom. The van der Waals surface area contributed by atoms with Gasteiger partial charge in [0.1, 0.15) is 0 Å². The minimum Gasteiger partial charge on any atom is -0.465 e. The fourth-order valence-corrected chi connectivity index (χ4v) is 3.11. The van der Waals surface area contributed by atoms with Gasteiger partial charge in [0.05, 0.1) is 11.5 Å². The van der Waals surface area contributed by atoms with E-state index in [1.807, 2.05) is 39.0 Å². The van der Waals surface area contributed by atoms with E-state index in [2.05, 4.69) is 9.71 Å². The molecule has 0 aliphatic heterocycles. The maximum absolute atomic E-state index is 12.5. The Labute approximate surface area is 143 Å². The van der Waals surface area contributed by atoms with Crippen molar-refractivity contribution >= 4 is 21.7 Å². The smallest absolute Gasteiger partial charge is 0.305 e. The summed E-state index contributed by atoms with van der Waals surface area (Å²) in [6, 6.07) is 12.3. The molecule has 0 fully saturated rings. The van der Waals surface area contributed by atoms with E-state index in [-0.39, 0.29) is 10.9 Å². The molecule has 0 aliphatic carbocycles. The summed E-state index contributed by atoms with van der Waals surface area (Å²) in [5, 5.41) is 3.00. The van der Waals surface area contributed by atoms with Crippen molar-refractivity contribution < 1.29 is 13.2 Å². The zero-order chi connectivity index (χ0) is 17.7. The maximum atomic E-state index is 12.5. The molecule has 1 N–H and O–H groups in total. The topological polar surface area (TPSA) is 67.8 Å². The molecule has 0 spiro atoms. The summed E-state index contributed by atoms with van der Waals surface area (Å²) < 4.78 is 34.2. The molecule has 0 saturated carbocycles. The van der Waals surface area contributed by atoms with E-state index in [0.717, 1.165) is 22.4 Å². The highest BCUT2D eigenvalue weighted by Gasteiger charge is 2.16. The SMILES string of the molecule is CCO/C(=N/S(=O)(=O)c1ccc(C)cc1)Nc1c(C)cccc1C. The molecule has 2 aromatic rings. The Hall–Kier alpha value is -2.34. The molecule has 6 heteroatoms. The molecule has 0 saturated heterocycles. The molecule has 128 valence electrons. The van der Waals surface area contributed by atoms with Gasteiger partial charge in [-0.25, -0.2) is 0 Å². The third-order valence-electron chi connectivity index (χ3n) is 3.52. The highest BCUT2D eigenvalue weighted by Crippen LogP contribution is 2.20.